The lowest BCUT2D eigenvalue weighted by Gasteiger charge is -2.36. The average Bonchev–Trinajstić information content (AvgIpc) is 3.50. The van der Waals surface area contributed by atoms with Crippen LogP contribution in [0.25, 0.3) is 0 Å². The van der Waals surface area contributed by atoms with Gasteiger partial charge in [-0.3, -0.25) is 9.59 Å². The van der Waals surface area contributed by atoms with Crippen LogP contribution >= 0.6 is 0 Å². The summed E-state index contributed by atoms with van der Waals surface area (Å²) in [5, 5.41) is 4.22. The first-order valence-electron chi connectivity index (χ1n) is 12.5. The zero-order chi connectivity index (χ0) is 30.3. The minimum atomic E-state index is -4.87. The SMILES string of the molecule is COc1c(C2C(=O)N(S(C)(=O)=O)CCC2C(F)(F)F)nn(C(=O)c2cocc2C)c1N(C)Cc1ccc(CN)cc1. The number of alkyl halides is 3. The summed E-state index contributed by atoms with van der Waals surface area (Å²) in [6.45, 7) is 1.47. The number of hydrogen-bond donors (Lipinski definition) is 1. The molecule has 2 N–H and O–H groups in total. The molecule has 0 saturated carbocycles. The number of rotatable bonds is 8. The fourth-order valence-electron chi connectivity index (χ4n) is 4.96. The number of ether oxygens (including phenoxy) is 1. The van der Waals surface area contributed by atoms with Crippen LogP contribution in [0.2, 0.25) is 0 Å². The van der Waals surface area contributed by atoms with E-state index in [9.17, 15) is 31.2 Å². The maximum absolute atomic E-state index is 14.3. The van der Waals surface area contributed by atoms with Gasteiger partial charge in [0.1, 0.15) is 12.0 Å². The number of carbonyl (C=O) groups is 2. The summed E-state index contributed by atoms with van der Waals surface area (Å²) >= 11 is 0. The number of aryl methyl sites for hydroxylation is 1. The Morgan fingerprint density at radius 2 is 1.85 bits per heavy atom. The van der Waals surface area contributed by atoms with E-state index in [-0.39, 0.29) is 23.7 Å². The fourth-order valence-corrected chi connectivity index (χ4v) is 5.84. The molecule has 4 rings (SSSR count). The molecule has 2 aromatic heterocycles. The van der Waals surface area contributed by atoms with Gasteiger partial charge in [0.05, 0.1) is 37.0 Å². The zero-order valence-electron chi connectivity index (χ0n) is 22.8. The van der Waals surface area contributed by atoms with Gasteiger partial charge in [0, 0.05) is 32.2 Å². The maximum atomic E-state index is 14.3. The van der Waals surface area contributed by atoms with Crippen molar-refractivity contribution in [3.63, 3.8) is 0 Å². The maximum Gasteiger partial charge on any atom is 0.393 e. The van der Waals surface area contributed by atoms with Crippen LogP contribution in [0.5, 0.6) is 5.75 Å². The highest BCUT2D eigenvalue weighted by atomic mass is 32.2. The molecule has 15 heteroatoms. The lowest BCUT2D eigenvalue weighted by atomic mass is 9.82. The molecule has 0 spiro atoms. The number of piperidine rings is 1. The van der Waals surface area contributed by atoms with Crippen molar-refractivity contribution in [3.8, 4) is 5.75 Å². The Hall–Kier alpha value is -3.85. The Labute approximate surface area is 234 Å². The predicted octanol–water partition coefficient (Wildman–Crippen LogP) is 3.03. The van der Waals surface area contributed by atoms with Crippen LogP contribution in [0.3, 0.4) is 0 Å². The monoisotopic (exact) mass is 597 g/mol. The number of benzene rings is 1. The number of anilines is 1. The van der Waals surface area contributed by atoms with E-state index in [1.165, 1.54) is 19.6 Å². The first-order valence-corrected chi connectivity index (χ1v) is 14.4. The molecule has 1 aliphatic rings. The van der Waals surface area contributed by atoms with Crippen LogP contribution in [-0.2, 0) is 27.9 Å². The number of aromatic nitrogens is 2. The lowest BCUT2D eigenvalue weighted by Crippen LogP contribution is -2.50. The smallest absolute Gasteiger partial charge is 0.393 e. The Bertz CT molecular complexity index is 1550. The molecule has 41 heavy (non-hydrogen) atoms. The van der Waals surface area contributed by atoms with Crippen LogP contribution in [0.1, 0.15) is 45.1 Å². The van der Waals surface area contributed by atoms with Crippen molar-refractivity contribution in [2.24, 2.45) is 11.7 Å². The highest BCUT2D eigenvalue weighted by Gasteiger charge is 2.55. The van der Waals surface area contributed by atoms with Crippen molar-refractivity contribution >= 4 is 27.7 Å². The largest absolute Gasteiger partial charge is 0.491 e. The van der Waals surface area contributed by atoms with Gasteiger partial charge in [-0.2, -0.15) is 23.0 Å². The van der Waals surface area contributed by atoms with Crippen LogP contribution < -0.4 is 15.4 Å². The van der Waals surface area contributed by atoms with Crippen LogP contribution in [0.15, 0.2) is 41.2 Å². The summed E-state index contributed by atoms with van der Waals surface area (Å²) in [6, 6.07) is 7.25. The molecule has 11 nitrogen and oxygen atoms in total. The minimum Gasteiger partial charge on any atom is -0.491 e. The van der Waals surface area contributed by atoms with Gasteiger partial charge in [-0.1, -0.05) is 24.3 Å². The van der Waals surface area contributed by atoms with Crippen molar-refractivity contribution in [2.75, 3.05) is 31.9 Å². The number of carbonyl (C=O) groups excluding carboxylic acids is 2. The summed E-state index contributed by atoms with van der Waals surface area (Å²) in [4.78, 5) is 28.6. The number of furan rings is 1. The van der Waals surface area contributed by atoms with Gasteiger partial charge in [0.2, 0.25) is 15.9 Å². The third kappa shape index (κ3) is 5.81. The molecule has 0 bridgehead atoms. The first kappa shape index (κ1) is 30.1. The second-order valence-corrected chi connectivity index (χ2v) is 11.8. The molecular formula is C26H30F3N5O6S. The van der Waals surface area contributed by atoms with E-state index < -0.39 is 58.5 Å². The highest BCUT2D eigenvalue weighted by molar-refractivity contribution is 7.88. The zero-order valence-corrected chi connectivity index (χ0v) is 23.6. The van der Waals surface area contributed by atoms with Crippen LogP contribution in [-0.4, -0.2) is 67.5 Å². The van der Waals surface area contributed by atoms with Gasteiger partial charge in [0.15, 0.2) is 11.6 Å². The first-order chi connectivity index (χ1) is 19.2. The molecule has 2 atom stereocenters. The number of sulfonamides is 1. The van der Waals surface area contributed by atoms with E-state index >= 15 is 0 Å². The Morgan fingerprint density at radius 3 is 2.37 bits per heavy atom. The Morgan fingerprint density at radius 1 is 1.22 bits per heavy atom. The van der Waals surface area contributed by atoms with Gasteiger partial charge < -0.3 is 19.8 Å². The van der Waals surface area contributed by atoms with Gasteiger partial charge in [-0.05, 0) is 24.5 Å². The van der Waals surface area contributed by atoms with Crippen molar-refractivity contribution in [3.05, 3.63) is 64.7 Å². The number of amides is 1. The van der Waals surface area contributed by atoms with E-state index in [0.717, 1.165) is 22.1 Å². The Kier molecular flexibility index (Phi) is 8.23. The number of nitrogens with zero attached hydrogens (tertiary/aromatic N) is 4. The van der Waals surface area contributed by atoms with Gasteiger partial charge in [0.25, 0.3) is 5.91 Å². The molecule has 3 heterocycles. The van der Waals surface area contributed by atoms with Crippen molar-refractivity contribution in [2.45, 2.75) is 38.5 Å². The molecular weight excluding hydrogens is 567 g/mol. The summed E-state index contributed by atoms with van der Waals surface area (Å²) in [5.41, 5.74) is 7.37. The molecule has 0 radical (unpaired) electrons. The van der Waals surface area contributed by atoms with Gasteiger partial charge >= 0.3 is 6.18 Å². The van der Waals surface area contributed by atoms with Crippen molar-refractivity contribution in [1.29, 1.82) is 0 Å². The topological polar surface area (TPSA) is 141 Å². The highest BCUT2D eigenvalue weighted by Crippen LogP contribution is 2.48. The second-order valence-electron chi connectivity index (χ2n) is 9.89. The predicted molar refractivity (Wildman–Crippen MR) is 142 cm³/mol. The standard InChI is InChI=1S/C26H30F3N5O6S/c1-15-13-40-14-18(15)24(35)34-23(32(2)12-17-7-5-16(11-30)6-8-17)22(39-3)21(31-34)20-19(26(27,28)29)9-10-33(25(20)36)41(4,37)38/h5-8,13-14,19-20H,9-12,30H2,1-4H3. The summed E-state index contributed by atoms with van der Waals surface area (Å²) < 4.78 is 79.3. The molecule has 222 valence electrons. The van der Waals surface area contributed by atoms with E-state index in [1.807, 2.05) is 24.3 Å². The minimum absolute atomic E-state index is 0.0267. The summed E-state index contributed by atoms with van der Waals surface area (Å²) in [7, 11) is -1.43. The van der Waals surface area contributed by atoms with Crippen LogP contribution in [0, 0.1) is 12.8 Å². The van der Waals surface area contributed by atoms with Gasteiger partial charge in [-0.25, -0.2) is 12.7 Å². The molecule has 1 amide bonds. The normalized spacial score (nSPS) is 18.0. The summed E-state index contributed by atoms with van der Waals surface area (Å²) in [5.74, 6) is -6.68. The van der Waals surface area contributed by atoms with E-state index in [2.05, 4.69) is 5.10 Å². The van der Waals surface area contributed by atoms with Crippen LogP contribution in [0.4, 0.5) is 19.0 Å². The lowest BCUT2D eigenvalue weighted by molar-refractivity contribution is -0.192. The third-order valence-corrected chi connectivity index (χ3v) is 8.20. The summed E-state index contributed by atoms with van der Waals surface area (Å²) in [6.07, 6.45) is -2.31. The molecule has 1 aromatic carbocycles. The molecule has 3 aromatic rings. The third-order valence-electron chi connectivity index (χ3n) is 7.04. The van der Waals surface area contributed by atoms with Crippen molar-refractivity contribution < 1.29 is 40.3 Å². The molecule has 2 unspecified atom stereocenters. The quantitative estimate of drug-likeness (QED) is 0.415. The second kappa shape index (κ2) is 11.2. The molecule has 1 aliphatic heterocycles. The van der Waals surface area contributed by atoms with E-state index in [0.29, 0.717) is 16.4 Å². The number of nitrogens with two attached hydrogens (primary N) is 1. The van der Waals surface area contributed by atoms with E-state index in [4.69, 9.17) is 14.9 Å². The molecule has 0 aliphatic carbocycles. The van der Waals surface area contributed by atoms with Gasteiger partial charge in [-0.15, -0.1) is 0 Å². The molecule has 1 saturated heterocycles. The Balaban J connectivity index is 1.92. The number of methoxy groups -OCH3 is 1. The molecule has 1 fully saturated rings. The van der Waals surface area contributed by atoms with E-state index in [1.54, 1.807) is 18.9 Å². The number of halogens is 3. The average molecular weight is 598 g/mol. The number of hydrogen-bond acceptors (Lipinski definition) is 9. The van der Waals surface area contributed by atoms with Crippen molar-refractivity contribution in [1.82, 2.24) is 14.1 Å². The fraction of sp³-hybridized carbons (Fsp3) is 0.423.